The number of carbonyl (C=O) groups excluding carboxylic acids is 1. The molecule has 1 unspecified atom stereocenters. The second-order valence-electron chi connectivity index (χ2n) is 5.31. The third-order valence-electron chi connectivity index (χ3n) is 3.73. The molecule has 0 aliphatic carbocycles. The van der Waals surface area contributed by atoms with E-state index in [-0.39, 0.29) is 5.91 Å². The summed E-state index contributed by atoms with van der Waals surface area (Å²) in [6.45, 7) is 3.35. The number of benzene rings is 1. The molecule has 2 heterocycles. The summed E-state index contributed by atoms with van der Waals surface area (Å²) in [6.07, 6.45) is 2.53. The van der Waals surface area contributed by atoms with E-state index in [9.17, 15) is 4.79 Å². The molecule has 0 bridgehead atoms. The van der Waals surface area contributed by atoms with Crippen molar-refractivity contribution in [2.24, 2.45) is 0 Å². The third kappa shape index (κ3) is 3.50. The molecule has 0 spiro atoms. The lowest BCUT2D eigenvalue weighted by molar-refractivity contribution is -0.128. The number of thioether (sulfide) groups is 1. The van der Waals surface area contributed by atoms with Crippen molar-refractivity contribution in [1.82, 2.24) is 15.1 Å². The smallest absolute Gasteiger partial charge is 0.277 e. The molecule has 1 saturated heterocycles. The lowest BCUT2D eigenvalue weighted by Gasteiger charge is -2.12. The van der Waals surface area contributed by atoms with Crippen LogP contribution in [0.3, 0.4) is 0 Å². The number of carbonyl (C=O) groups is 1. The van der Waals surface area contributed by atoms with Gasteiger partial charge in [0, 0.05) is 18.2 Å². The van der Waals surface area contributed by atoms with Crippen molar-refractivity contribution in [3.8, 4) is 0 Å². The molecule has 2 aromatic rings. The van der Waals surface area contributed by atoms with Crippen LogP contribution >= 0.6 is 11.8 Å². The Morgan fingerprint density at radius 2 is 2.14 bits per heavy atom. The zero-order valence-corrected chi connectivity index (χ0v) is 13.4. The fraction of sp³-hybridized carbons (Fsp3) is 0.438. The molecule has 0 N–H and O–H groups in total. The highest BCUT2D eigenvalue weighted by Crippen LogP contribution is 2.36. The molecule has 1 aliphatic heterocycles. The normalized spacial score (nSPS) is 16.2. The molecule has 1 atom stereocenters. The van der Waals surface area contributed by atoms with Gasteiger partial charge < -0.3 is 9.32 Å². The van der Waals surface area contributed by atoms with Gasteiger partial charge in [-0.15, -0.1) is 10.2 Å². The molecule has 1 aromatic carbocycles. The molecule has 6 heteroatoms. The number of nitrogens with zero attached hydrogens (tertiary/aromatic N) is 3. The molecule has 5 nitrogen and oxygen atoms in total. The summed E-state index contributed by atoms with van der Waals surface area (Å²) in [5, 5.41) is 9.03. The van der Waals surface area contributed by atoms with Crippen LogP contribution in [0.2, 0.25) is 0 Å². The van der Waals surface area contributed by atoms with Gasteiger partial charge in [0.15, 0.2) is 0 Å². The third-order valence-corrected chi connectivity index (χ3v) is 4.99. The summed E-state index contributed by atoms with van der Waals surface area (Å²) in [5.41, 5.74) is 1.25. The van der Waals surface area contributed by atoms with Crippen molar-refractivity contribution in [2.75, 3.05) is 6.54 Å². The Kier molecular flexibility index (Phi) is 4.77. The van der Waals surface area contributed by atoms with E-state index < -0.39 is 0 Å². The van der Waals surface area contributed by atoms with Crippen LogP contribution in [-0.4, -0.2) is 27.5 Å². The Labute approximate surface area is 134 Å². The minimum Gasteiger partial charge on any atom is -0.414 e. The van der Waals surface area contributed by atoms with E-state index in [0.717, 1.165) is 19.4 Å². The number of hydrogen-bond acceptors (Lipinski definition) is 5. The topological polar surface area (TPSA) is 59.2 Å². The summed E-state index contributed by atoms with van der Waals surface area (Å²) < 4.78 is 5.69. The predicted molar refractivity (Wildman–Crippen MR) is 84.3 cm³/mol. The Morgan fingerprint density at radius 3 is 2.82 bits per heavy atom. The Morgan fingerprint density at radius 1 is 1.32 bits per heavy atom. The molecular formula is C16H19N3O2S. The van der Waals surface area contributed by atoms with Gasteiger partial charge in [-0.25, -0.2) is 0 Å². The second kappa shape index (κ2) is 6.96. The lowest BCUT2D eigenvalue weighted by atomic mass is 10.1. The molecule has 22 heavy (non-hydrogen) atoms. The molecule has 1 fully saturated rings. The predicted octanol–water partition coefficient (Wildman–Crippen LogP) is 3.44. The largest absolute Gasteiger partial charge is 0.414 e. The van der Waals surface area contributed by atoms with Crippen LogP contribution in [0, 0.1) is 0 Å². The molecule has 1 aliphatic rings. The SMILES string of the molecule is CCC(Sc1nnc(CN2CCCC2=O)o1)c1ccccc1. The van der Waals surface area contributed by atoms with Crippen molar-refractivity contribution in [1.29, 1.82) is 0 Å². The summed E-state index contributed by atoms with van der Waals surface area (Å²) in [4.78, 5) is 13.4. The maximum atomic E-state index is 11.6. The Bertz CT molecular complexity index is 629. The monoisotopic (exact) mass is 317 g/mol. The zero-order chi connectivity index (χ0) is 15.4. The number of amides is 1. The van der Waals surface area contributed by atoms with Gasteiger partial charge in [0.2, 0.25) is 11.8 Å². The van der Waals surface area contributed by atoms with Gasteiger partial charge in [0.1, 0.15) is 0 Å². The van der Waals surface area contributed by atoms with Crippen LogP contribution in [-0.2, 0) is 11.3 Å². The molecule has 0 radical (unpaired) electrons. The standard InChI is InChI=1S/C16H19N3O2S/c1-2-13(12-7-4-3-5-8-12)22-16-18-17-14(21-16)11-19-10-6-9-15(19)20/h3-5,7-8,13H,2,6,9-11H2,1H3. The first-order valence-corrected chi connectivity index (χ1v) is 8.46. The summed E-state index contributed by atoms with van der Waals surface area (Å²) in [5.74, 6) is 0.684. The molecule has 116 valence electrons. The summed E-state index contributed by atoms with van der Waals surface area (Å²) in [7, 11) is 0. The van der Waals surface area contributed by atoms with E-state index >= 15 is 0 Å². The van der Waals surface area contributed by atoms with Crippen LogP contribution in [0.5, 0.6) is 0 Å². The van der Waals surface area contributed by atoms with E-state index in [1.54, 1.807) is 16.7 Å². The van der Waals surface area contributed by atoms with Crippen molar-refractivity contribution in [3.05, 3.63) is 41.8 Å². The van der Waals surface area contributed by atoms with Crippen molar-refractivity contribution < 1.29 is 9.21 Å². The van der Waals surface area contributed by atoms with Crippen LogP contribution in [0.15, 0.2) is 40.0 Å². The van der Waals surface area contributed by atoms with Gasteiger partial charge in [-0.3, -0.25) is 4.79 Å². The summed E-state index contributed by atoms with van der Waals surface area (Å²) >= 11 is 1.58. The van der Waals surface area contributed by atoms with Gasteiger partial charge in [-0.05, 0) is 18.4 Å². The van der Waals surface area contributed by atoms with Crippen LogP contribution in [0.4, 0.5) is 0 Å². The average Bonchev–Trinajstić information content (AvgIpc) is 3.16. The van der Waals surface area contributed by atoms with Crippen molar-refractivity contribution in [3.63, 3.8) is 0 Å². The number of likely N-dealkylation sites (tertiary alicyclic amines) is 1. The highest BCUT2D eigenvalue weighted by Gasteiger charge is 2.23. The van der Waals surface area contributed by atoms with E-state index in [2.05, 4.69) is 29.3 Å². The highest BCUT2D eigenvalue weighted by atomic mass is 32.2. The lowest BCUT2D eigenvalue weighted by Crippen LogP contribution is -2.23. The quantitative estimate of drug-likeness (QED) is 0.764. The van der Waals surface area contributed by atoms with Gasteiger partial charge in [0.05, 0.1) is 6.54 Å². The van der Waals surface area contributed by atoms with E-state index in [4.69, 9.17) is 4.42 Å². The minimum atomic E-state index is 0.170. The number of aromatic nitrogens is 2. The fourth-order valence-corrected chi connectivity index (χ4v) is 3.50. The van der Waals surface area contributed by atoms with Gasteiger partial charge in [0.25, 0.3) is 5.22 Å². The van der Waals surface area contributed by atoms with Crippen LogP contribution in [0.25, 0.3) is 0 Å². The average molecular weight is 317 g/mol. The summed E-state index contributed by atoms with van der Waals surface area (Å²) in [6, 6.07) is 10.3. The van der Waals surface area contributed by atoms with Crippen molar-refractivity contribution in [2.45, 2.75) is 43.2 Å². The number of hydrogen-bond donors (Lipinski definition) is 0. The van der Waals surface area contributed by atoms with Gasteiger partial charge in [-0.1, -0.05) is 49.0 Å². The Hall–Kier alpha value is -1.82. The molecule has 1 amide bonds. The van der Waals surface area contributed by atoms with E-state index in [0.29, 0.717) is 29.3 Å². The highest BCUT2D eigenvalue weighted by molar-refractivity contribution is 7.99. The first-order valence-electron chi connectivity index (χ1n) is 7.58. The first kappa shape index (κ1) is 15.1. The first-order chi connectivity index (χ1) is 10.8. The number of rotatable bonds is 6. The van der Waals surface area contributed by atoms with E-state index in [1.807, 2.05) is 18.2 Å². The van der Waals surface area contributed by atoms with Gasteiger partial charge in [-0.2, -0.15) is 0 Å². The molecule has 0 saturated carbocycles. The molecule has 3 rings (SSSR count). The Balaban J connectivity index is 1.64. The fourth-order valence-electron chi connectivity index (χ4n) is 2.56. The van der Waals surface area contributed by atoms with Crippen LogP contribution in [0.1, 0.15) is 42.9 Å². The maximum Gasteiger partial charge on any atom is 0.277 e. The minimum absolute atomic E-state index is 0.170. The van der Waals surface area contributed by atoms with E-state index in [1.165, 1.54) is 5.56 Å². The van der Waals surface area contributed by atoms with Crippen LogP contribution < -0.4 is 0 Å². The molecule has 1 aromatic heterocycles. The van der Waals surface area contributed by atoms with Gasteiger partial charge >= 0.3 is 0 Å². The maximum absolute atomic E-state index is 11.6. The van der Waals surface area contributed by atoms with Crippen molar-refractivity contribution >= 4 is 17.7 Å². The second-order valence-corrected chi connectivity index (χ2v) is 6.46. The zero-order valence-electron chi connectivity index (χ0n) is 12.6. The molecular weight excluding hydrogens is 298 g/mol.